The Morgan fingerprint density at radius 3 is 2.62 bits per heavy atom. The molecule has 0 spiro atoms. The third kappa shape index (κ3) is 4.99. The number of benzene rings is 1. The molecule has 0 atom stereocenters. The summed E-state index contributed by atoms with van der Waals surface area (Å²) >= 11 is 0. The van der Waals surface area contributed by atoms with E-state index in [-0.39, 0.29) is 13.2 Å². The summed E-state index contributed by atoms with van der Waals surface area (Å²) in [6, 6.07) is 7.13. The van der Waals surface area contributed by atoms with E-state index in [1.54, 1.807) is 25.3 Å². The van der Waals surface area contributed by atoms with E-state index in [4.69, 9.17) is 9.47 Å². The quantitative estimate of drug-likeness (QED) is 0.746. The normalized spacial score (nSPS) is 11.1. The molecule has 0 radical (unpaired) electrons. The van der Waals surface area contributed by atoms with Crippen LogP contribution in [0.5, 0.6) is 11.5 Å². The van der Waals surface area contributed by atoms with Gasteiger partial charge in [0.05, 0.1) is 13.4 Å². The van der Waals surface area contributed by atoms with Crippen LogP contribution in [0.4, 0.5) is 0 Å². The second-order valence-corrected chi connectivity index (χ2v) is 5.03. The van der Waals surface area contributed by atoms with Crippen molar-refractivity contribution in [3.05, 3.63) is 24.3 Å². The van der Waals surface area contributed by atoms with Gasteiger partial charge in [-0.25, -0.2) is 13.1 Å². The van der Waals surface area contributed by atoms with Gasteiger partial charge in [0.15, 0.2) is 0 Å². The summed E-state index contributed by atoms with van der Waals surface area (Å²) in [6.07, 6.45) is 1.11. The maximum atomic E-state index is 10.8. The van der Waals surface area contributed by atoms with Gasteiger partial charge in [-0.05, 0) is 12.1 Å². The summed E-state index contributed by atoms with van der Waals surface area (Å²) in [5.41, 5.74) is 0. The van der Waals surface area contributed by atoms with Crippen LogP contribution in [0, 0.1) is 0 Å². The van der Waals surface area contributed by atoms with Gasteiger partial charge in [0, 0.05) is 12.6 Å². The fraction of sp³-hybridized carbons (Fsp3) is 0.400. The predicted octanol–water partition coefficient (Wildman–Crippen LogP) is 0.623. The SMILES string of the molecule is COc1cccc(OCCNS(C)(=O)=O)c1. The molecule has 1 N–H and O–H groups in total. The van der Waals surface area contributed by atoms with Crippen molar-refractivity contribution in [1.82, 2.24) is 4.72 Å². The summed E-state index contributed by atoms with van der Waals surface area (Å²) in [6.45, 7) is 0.524. The zero-order valence-electron chi connectivity index (χ0n) is 9.26. The van der Waals surface area contributed by atoms with Gasteiger partial charge in [0.1, 0.15) is 18.1 Å². The van der Waals surface area contributed by atoms with Crippen LogP contribution >= 0.6 is 0 Å². The van der Waals surface area contributed by atoms with Gasteiger partial charge in [-0.2, -0.15) is 0 Å². The molecule has 0 aliphatic carbocycles. The third-order valence-corrected chi connectivity index (χ3v) is 2.50. The second-order valence-electron chi connectivity index (χ2n) is 3.19. The van der Waals surface area contributed by atoms with E-state index >= 15 is 0 Å². The Kier molecular flexibility index (Phi) is 4.57. The molecule has 1 aromatic rings. The van der Waals surface area contributed by atoms with Crippen LogP contribution in [0.25, 0.3) is 0 Å². The van der Waals surface area contributed by atoms with Gasteiger partial charge in [-0.15, -0.1) is 0 Å². The van der Waals surface area contributed by atoms with E-state index in [1.165, 1.54) is 0 Å². The van der Waals surface area contributed by atoms with Crippen molar-refractivity contribution in [3.8, 4) is 11.5 Å². The minimum absolute atomic E-state index is 0.246. The Labute approximate surface area is 95.4 Å². The highest BCUT2D eigenvalue weighted by atomic mass is 32.2. The molecule has 0 bridgehead atoms. The maximum absolute atomic E-state index is 10.8. The number of methoxy groups -OCH3 is 1. The van der Waals surface area contributed by atoms with E-state index < -0.39 is 10.0 Å². The fourth-order valence-corrected chi connectivity index (χ4v) is 1.54. The molecule has 0 heterocycles. The first-order valence-corrected chi connectivity index (χ1v) is 6.62. The maximum Gasteiger partial charge on any atom is 0.208 e. The lowest BCUT2D eigenvalue weighted by Crippen LogP contribution is -2.26. The van der Waals surface area contributed by atoms with Gasteiger partial charge in [-0.3, -0.25) is 0 Å². The summed E-state index contributed by atoms with van der Waals surface area (Å²) < 4.78 is 34.2. The van der Waals surface area contributed by atoms with Crippen LogP contribution in [-0.4, -0.2) is 34.9 Å². The number of rotatable bonds is 6. The lowest BCUT2D eigenvalue weighted by Gasteiger charge is -2.07. The number of sulfonamides is 1. The molecule has 1 aromatic carbocycles. The number of hydrogen-bond acceptors (Lipinski definition) is 4. The zero-order chi connectivity index (χ0) is 12.0. The highest BCUT2D eigenvalue weighted by Gasteiger charge is 2.00. The Morgan fingerprint density at radius 1 is 1.31 bits per heavy atom. The summed E-state index contributed by atoms with van der Waals surface area (Å²) in [5, 5.41) is 0. The number of nitrogens with one attached hydrogen (secondary N) is 1. The molecule has 90 valence electrons. The second kappa shape index (κ2) is 5.72. The molecule has 0 amide bonds. The topological polar surface area (TPSA) is 64.6 Å². The molecule has 0 saturated carbocycles. The molecular formula is C10H15NO4S. The van der Waals surface area contributed by atoms with E-state index in [9.17, 15) is 8.42 Å². The first-order chi connectivity index (χ1) is 7.51. The van der Waals surface area contributed by atoms with Gasteiger partial charge >= 0.3 is 0 Å². The van der Waals surface area contributed by atoms with Crippen molar-refractivity contribution < 1.29 is 17.9 Å². The molecule has 0 fully saturated rings. The van der Waals surface area contributed by atoms with Crippen LogP contribution in [0.1, 0.15) is 0 Å². The van der Waals surface area contributed by atoms with E-state index in [0.29, 0.717) is 11.5 Å². The average Bonchev–Trinajstić information content (AvgIpc) is 2.23. The Hall–Kier alpha value is -1.27. The molecule has 5 nitrogen and oxygen atoms in total. The van der Waals surface area contributed by atoms with E-state index in [0.717, 1.165) is 6.26 Å². The van der Waals surface area contributed by atoms with Gasteiger partial charge in [0.2, 0.25) is 10.0 Å². The van der Waals surface area contributed by atoms with Crippen molar-refractivity contribution in [2.75, 3.05) is 26.5 Å². The average molecular weight is 245 g/mol. The highest BCUT2D eigenvalue weighted by Crippen LogP contribution is 2.18. The molecule has 0 saturated heterocycles. The van der Waals surface area contributed by atoms with Crippen LogP contribution < -0.4 is 14.2 Å². The summed E-state index contributed by atoms with van der Waals surface area (Å²) in [7, 11) is -1.57. The Morgan fingerprint density at radius 2 is 2.00 bits per heavy atom. The number of ether oxygens (including phenoxy) is 2. The first kappa shape index (κ1) is 12.8. The molecule has 16 heavy (non-hydrogen) atoms. The van der Waals surface area contributed by atoms with Crippen LogP contribution in [0.3, 0.4) is 0 Å². The minimum atomic E-state index is -3.15. The third-order valence-electron chi connectivity index (χ3n) is 1.78. The molecule has 1 rings (SSSR count). The first-order valence-electron chi connectivity index (χ1n) is 4.73. The molecular weight excluding hydrogens is 230 g/mol. The van der Waals surface area contributed by atoms with E-state index in [2.05, 4.69) is 4.72 Å². The highest BCUT2D eigenvalue weighted by molar-refractivity contribution is 7.88. The molecule has 0 aliphatic rings. The lowest BCUT2D eigenvalue weighted by molar-refractivity contribution is 0.320. The van der Waals surface area contributed by atoms with Gasteiger partial charge < -0.3 is 9.47 Å². The number of hydrogen-bond donors (Lipinski definition) is 1. The monoisotopic (exact) mass is 245 g/mol. The molecule has 0 aliphatic heterocycles. The summed E-state index contributed by atoms with van der Waals surface area (Å²) in [5.74, 6) is 1.35. The molecule has 0 aromatic heterocycles. The summed E-state index contributed by atoms with van der Waals surface area (Å²) in [4.78, 5) is 0. The molecule has 0 unspecified atom stereocenters. The smallest absolute Gasteiger partial charge is 0.208 e. The van der Waals surface area contributed by atoms with Crippen LogP contribution in [-0.2, 0) is 10.0 Å². The van der Waals surface area contributed by atoms with Crippen molar-refractivity contribution in [3.63, 3.8) is 0 Å². The van der Waals surface area contributed by atoms with Crippen molar-refractivity contribution in [1.29, 1.82) is 0 Å². The van der Waals surface area contributed by atoms with E-state index in [1.807, 2.05) is 6.07 Å². The van der Waals surface area contributed by atoms with Crippen LogP contribution in [0.15, 0.2) is 24.3 Å². The van der Waals surface area contributed by atoms with Gasteiger partial charge in [-0.1, -0.05) is 6.07 Å². The predicted molar refractivity (Wildman–Crippen MR) is 61.3 cm³/mol. The fourth-order valence-electron chi connectivity index (χ4n) is 1.09. The van der Waals surface area contributed by atoms with Crippen molar-refractivity contribution in [2.45, 2.75) is 0 Å². The van der Waals surface area contributed by atoms with Gasteiger partial charge in [0.25, 0.3) is 0 Å². The molecule has 6 heteroatoms. The Bertz CT molecular complexity index is 430. The standard InChI is InChI=1S/C10H15NO4S/c1-14-9-4-3-5-10(8-9)15-7-6-11-16(2,12)13/h3-5,8,11H,6-7H2,1-2H3. The van der Waals surface area contributed by atoms with Crippen molar-refractivity contribution in [2.24, 2.45) is 0 Å². The Balaban J connectivity index is 2.37. The van der Waals surface area contributed by atoms with Crippen LogP contribution in [0.2, 0.25) is 0 Å². The van der Waals surface area contributed by atoms with Crippen molar-refractivity contribution >= 4 is 10.0 Å². The lowest BCUT2D eigenvalue weighted by atomic mass is 10.3. The zero-order valence-corrected chi connectivity index (χ0v) is 10.1. The largest absolute Gasteiger partial charge is 0.497 e. The minimum Gasteiger partial charge on any atom is -0.497 e.